The number of aryl methyl sites for hydroxylation is 1. The second-order valence-electron chi connectivity index (χ2n) is 9.88. The van der Waals surface area contributed by atoms with E-state index in [0.29, 0.717) is 29.4 Å². The molecule has 0 aliphatic carbocycles. The summed E-state index contributed by atoms with van der Waals surface area (Å²) in [4.78, 5) is 11.5. The molecule has 0 saturated heterocycles. The maximum atomic E-state index is 11.6. The fourth-order valence-electron chi connectivity index (χ4n) is 4.99. The van der Waals surface area contributed by atoms with Crippen LogP contribution < -0.4 is 14.2 Å². The molecule has 6 nitrogen and oxygen atoms in total. The van der Waals surface area contributed by atoms with Gasteiger partial charge in [-0.25, -0.2) is 4.79 Å². The van der Waals surface area contributed by atoms with Gasteiger partial charge in [0.2, 0.25) is 0 Å². The normalized spacial score (nSPS) is 12.4. The molecular formula is C34H36O6. The van der Waals surface area contributed by atoms with Gasteiger partial charge in [0.05, 0.1) is 20.3 Å². The quantitative estimate of drug-likeness (QED) is 0.184. The first-order chi connectivity index (χ1) is 19.4. The summed E-state index contributed by atoms with van der Waals surface area (Å²) in [6, 6.07) is 28.3. The van der Waals surface area contributed by atoms with Crippen molar-refractivity contribution in [3.05, 3.63) is 119 Å². The number of carboxylic acids is 1. The van der Waals surface area contributed by atoms with Gasteiger partial charge in [-0.05, 0) is 91.6 Å². The van der Waals surface area contributed by atoms with E-state index in [9.17, 15) is 15.0 Å². The van der Waals surface area contributed by atoms with E-state index in [1.54, 1.807) is 32.4 Å². The zero-order valence-electron chi connectivity index (χ0n) is 23.2. The van der Waals surface area contributed by atoms with Crippen LogP contribution in [-0.4, -0.2) is 30.4 Å². The van der Waals surface area contributed by atoms with E-state index < -0.39 is 12.1 Å². The number of hydrogen-bond acceptors (Lipinski definition) is 5. The van der Waals surface area contributed by atoms with Gasteiger partial charge in [0.15, 0.2) is 0 Å². The van der Waals surface area contributed by atoms with Crippen LogP contribution in [0.25, 0.3) is 0 Å². The molecule has 0 unspecified atom stereocenters. The lowest BCUT2D eigenvalue weighted by Crippen LogP contribution is -2.16. The Bertz CT molecular complexity index is 1370. The van der Waals surface area contributed by atoms with E-state index in [2.05, 4.69) is 12.1 Å². The molecule has 0 aliphatic heterocycles. The fourth-order valence-corrected chi connectivity index (χ4v) is 4.99. The molecule has 6 heteroatoms. The van der Waals surface area contributed by atoms with Crippen molar-refractivity contribution in [3.63, 3.8) is 0 Å². The lowest BCUT2D eigenvalue weighted by Gasteiger charge is -2.25. The Kier molecular flexibility index (Phi) is 9.81. The first-order valence-electron chi connectivity index (χ1n) is 13.4. The number of benzene rings is 4. The largest absolute Gasteiger partial charge is 0.496 e. The number of carboxylic acid groups (broad SMARTS) is 1. The van der Waals surface area contributed by atoms with Gasteiger partial charge in [0.25, 0.3) is 0 Å². The van der Waals surface area contributed by atoms with Gasteiger partial charge in [0.1, 0.15) is 28.6 Å². The zero-order chi connectivity index (χ0) is 28.5. The van der Waals surface area contributed by atoms with Crippen LogP contribution in [0.4, 0.5) is 0 Å². The van der Waals surface area contributed by atoms with Crippen molar-refractivity contribution in [2.45, 2.75) is 38.7 Å². The number of rotatable bonds is 13. The Hall–Kier alpha value is -4.29. The molecular weight excluding hydrogens is 504 g/mol. The van der Waals surface area contributed by atoms with Crippen molar-refractivity contribution < 1.29 is 29.2 Å². The lowest BCUT2D eigenvalue weighted by molar-refractivity contribution is 0.0694. The Morgan fingerprint density at radius 3 is 2.05 bits per heavy atom. The summed E-state index contributed by atoms with van der Waals surface area (Å²) < 4.78 is 17.0. The number of aliphatic hydroxyl groups excluding tert-OH is 1. The second kappa shape index (κ2) is 13.7. The van der Waals surface area contributed by atoms with Gasteiger partial charge in [-0.2, -0.15) is 0 Å². The monoisotopic (exact) mass is 540 g/mol. The highest BCUT2D eigenvalue weighted by Crippen LogP contribution is 2.37. The molecule has 4 aromatic rings. The van der Waals surface area contributed by atoms with E-state index in [1.165, 1.54) is 11.6 Å². The number of aromatic carboxylic acids is 1. The maximum absolute atomic E-state index is 11.6. The van der Waals surface area contributed by atoms with Gasteiger partial charge in [-0.3, -0.25) is 0 Å². The SMILES string of the molecule is COc1cc([C@@H](O)[C@@H](CCCc2ccccc2)Cc2ccc(Oc3ccccc3C(=O)O)cc2)cc(OC)c1C. The third kappa shape index (κ3) is 7.21. The fraction of sp³-hybridized carbons (Fsp3) is 0.265. The van der Waals surface area contributed by atoms with Crippen LogP contribution in [0, 0.1) is 12.8 Å². The standard InChI is InChI=1S/C34H36O6/c1-23-31(38-2)21-27(22-32(23)39-3)33(35)26(13-9-12-24-10-5-4-6-11-24)20-25-16-18-28(19-17-25)40-30-15-8-7-14-29(30)34(36)37/h4-8,10-11,14-19,21-22,26,33,35H,9,12-13,20H2,1-3H3,(H,36,37)/t26-,33-/m0/s1. The van der Waals surface area contributed by atoms with Crippen molar-refractivity contribution in [1.82, 2.24) is 0 Å². The molecule has 4 aromatic carbocycles. The minimum Gasteiger partial charge on any atom is -0.496 e. The molecule has 0 fully saturated rings. The predicted octanol–water partition coefficient (Wildman–Crippen LogP) is 7.42. The smallest absolute Gasteiger partial charge is 0.339 e. The number of hydrogen-bond donors (Lipinski definition) is 2. The highest BCUT2D eigenvalue weighted by atomic mass is 16.5. The van der Waals surface area contributed by atoms with Crippen LogP contribution in [0.3, 0.4) is 0 Å². The highest BCUT2D eigenvalue weighted by Gasteiger charge is 2.24. The van der Waals surface area contributed by atoms with E-state index >= 15 is 0 Å². The molecule has 0 aliphatic rings. The third-order valence-corrected chi connectivity index (χ3v) is 7.21. The molecule has 0 aromatic heterocycles. The zero-order valence-corrected chi connectivity index (χ0v) is 23.2. The Morgan fingerprint density at radius 2 is 1.43 bits per heavy atom. The molecule has 208 valence electrons. The van der Waals surface area contributed by atoms with E-state index in [4.69, 9.17) is 14.2 Å². The molecule has 0 bridgehead atoms. The van der Waals surface area contributed by atoms with Crippen LogP contribution in [-0.2, 0) is 12.8 Å². The van der Waals surface area contributed by atoms with Crippen molar-refractivity contribution in [2.24, 2.45) is 5.92 Å². The van der Waals surface area contributed by atoms with Crippen LogP contribution in [0.5, 0.6) is 23.0 Å². The van der Waals surface area contributed by atoms with Gasteiger partial charge >= 0.3 is 5.97 Å². The molecule has 0 heterocycles. The van der Waals surface area contributed by atoms with Crippen molar-refractivity contribution in [2.75, 3.05) is 14.2 Å². The average molecular weight is 541 g/mol. The second-order valence-corrected chi connectivity index (χ2v) is 9.88. The van der Waals surface area contributed by atoms with Gasteiger partial charge in [0, 0.05) is 5.56 Å². The summed E-state index contributed by atoms with van der Waals surface area (Å²) in [5.41, 5.74) is 4.08. The number of methoxy groups -OCH3 is 2. The molecule has 40 heavy (non-hydrogen) atoms. The molecule has 0 amide bonds. The van der Waals surface area contributed by atoms with Crippen LogP contribution >= 0.6 is 0 Å². The summed E-state index contributed by atoms with van der Waals surface area (Å²) in [5, 5.41) is 21.0. The van der Waals surface area contributed by atoms with Crippen molar-refractivity contribution >= 4 is 5.97 Å². The summed E-state index contributed by atoms with van der Waals surface area (Å²) >= 11 is 0. The van der Waals surface area contributed by atoms with Gasteiger partial charge in [-0.1, -0.05) is 54.6 Å². The summed E-state index contributed by atoms with van der Waals surface area (Å²) in [6.07, 6.45) is 2.61. The Labute approximate surface area is 235 Å². The van der Waals surface area contributed by atoms with E-state index in [1.807, 2.05) is 61.5 Å². The van der Waals surface area contributed by atoms with E-state index in [-0.39, 0.29) is 11.5 Å². The van der Waals surface area contributed by atoms with Crippen molar-refractivity contribution in [3.8, 4) is 23.0 Å². The molecule has 0 saturated carbocycles. The third-order valence-electron chi connectivity index (χ3n) is 7.21. The van der Waals surface area contributed by atoms with Gasteiger partial charge < -0.3 is 24.4 Å². The van der Waals surface area contributed by atoms with E-state index in [0.717, 1.165) is 36.0 Å². The van der Waals surface area contributed by atoms with Crippen LogP contribution in [0.2, 0.25) is 0 Å². The van der Waals surface area contributed by atoms with Crippen molar-refractivity contribution in [1.29, 1.82) is 0 Å². The molecule has 4 rings (SSSR count). The number of carbonyl (C=O) groups is 1. The minimum atomic E-state index is -1.04. The predicted molar refractivity (Wildman–Crippen MR) is 156 cm³/mol. The summed E-state index contributed by atoms with van der Waals surface area (Å²) in [7, 11) is 3.24. The number of para-hydroxylation sites is 1. The molecule has 0 radical (unpaired) electrons. The average Bonchev–Trinajstić information content (AvgIpc) is 2.98. The molecule has 0 spiro atoms. The van der Waals surface area contributed by atoms with Gasteiger partial charge in [-0.15, -0.1) is 0 Å². The maximum Gasteiger partial charge on any atom is 0.339 e. The first-order valence-corrected chi connectivity index (χ1v) is 13.4. The van der Waals surface area contributed by atoms with Crippen LogP contribution in [0.15, 0.2) is 91.0 Å². The topological polar surface area (TPSA) is 85.2 Å². The molecule has 2 N–H and O–H groups in total. The number of ether oxygens (including phenoxy) is 3. The number of aliphatic hydroxyl groups is 1. The summed E-state index contributed by atoms with van der Waals surface area (Å²) in [5.74, 6) is 1.11. The molecule has 2 atom stereocenters. The Morgan fingerprint density at radius 1 is 0.800 bits per heavy atom. The van der Waals surface area contributed by atoms with Crippen LogP contribution in [0.1, 0.15) is 51.6 Å². The minimum absolute atomic E-state index is 0.0552. The lowest BCUT2D eigenvalue weighted by atomic mass is 9.85. The Balaban J connectivity index is 1.54. The highest BCUT2D eigenvalue weighted by molar-refractivity contribution is 5.90. The summed E-state index contributed by atoms with van der Waals surface area (Å²) in [6.45, 7) is 1.93. The first kappa shape index (κ1) is 28.7.